The molecule has 0 N–H and O–H groups in total. The molecule has 4 rings (SSSR count). The minimum atomic E-state index is -1.49. The number of rotatable bonds is 9. The number of para-hydroxylation sites is 1. The normalized spacial score (nSPS) is 21.1. The van der Waals surface area contributed by atoms with Crippen LogP contribution in [0.2, 0.25) is 0 Å². The third kappa shape index (κ3) is 8.16. The zero-order valence-electron chi connectivity index (χ0n) is 24.9. The van der Waals surface area contributed by atoms with Gasteiger partial charge in [0.05, 0.1) is 5.69 Å². The minimum Gasteiger partial charge on any atom is -0.463 e. The van der Waals surface area contributed by atoms with E-state index in [4.69, 9.17) is 35.9 Å². The van der Waals surface area contributed by atoms with Crippen molar-refractivity contribution in [3.8, 4) is 5.69 Å². The highest BCUT2D eigenvalue weighted by molar-refractivity contribution is 7.71. The first-order valence-corrected chi connectivity index (χ1v) is 14.2. The van der Waals surface area contributed by atoms with Gasteiger partial charge in [0.25, 0.3) is 5.56 Å². The molecule has 2 heterocycles. The molecule has 0 radical (unpaired) electrons. The van der Waals surface area contributed by atoms with Crippen LogP contribution in [0.25, 0.3) is 17.8 Å². The molecular formula is C31H31N3O10S. The van der Waals surface area contributed by atoms with Crippen LogP contribution in [-0.4, -0.2) is 69.2 Å². The fourth-order valence-corrected chi connectivity index (χ4v) is 5.06. The van der Waals surface area contributed by atoms with Crippen molar-refractivity contribution >= 4 is 48.2 Å². The fourth-order valence-electron chi connectivity index (χ4n) is 4.72. The molecule has 5 atom stereocenters. The highest BCUT2D eigenvalue weighted by Gasteiger charge is 2.53. The summed E-state index contributed by atoms with van der Waals surface area (Å²) in [6.07, 6.45) is -3.86. The van der Waals surface area contributed by atoms with Crippen LogP contribution in [0.1, 0.15) is 45.2 Å². The van der Waals surface area contributed by atoms with Crippen molar-refractivity contribution in [1.82, 2.24) is 14.3 Å². The molecule has 0 amide bonds. The Bertz CT molecular complexity index is 1700. The van der Waals surface area contributed by atoms with Crippen LogP contribution in [0.5, 0.6) is 0 Å². The second-order valence-electron chi connectivity index (χ2n) is 9.92. The Morgan fingerprint density at radius 3 is 1.93 bits per heavy atom. The first-order valence-electron chi connectivity index (χ1n) is 13.8. The number of carbonyl (C=O) groups is 4. The van der Waals surface area contributed by atoms with E-state index in [0.29, 0.717) is 5.69 Å². The minimum absolute atomic E-state index is 0.0656. The van der Waals surface area contributed by atoms with Crippen LogP contribution in [0.4, 0.5) is 0 Å². The lowest BCUT2D eigenvalue weighted by atomic mass is 9.97. The number of nitrogens with zero attached hydrogens (tertiary/aromatic N) is 3. The lowest BCUT2D eigenvalue weighted by molar-refractivity contribution is -0.271. The van der Waals surface area contributed by atoms with Gasteiger partial charge in [0.2, 0.25) is 4.77 Å². The van der Waals surface area contributed by atoms with Gasteiger partial charge in [0.15, 0.2) is 24.5 Å². The predicted molar refractivity (Wildman–Crippen MR) is 161 cm³/mol. The van der Waals surface area contributed by atoms with Crippen molar-refractivity contribution in [2.24, 2.45) is 0 Å². The number of esters is 4. The van der Waals surface area contributed by atoms with Gasteiger partial charge in [-0.15, -0.1) is 0 Å². The third-order valence-electron chi connectivity index (χ3n) is 6.48. The van der Waals surface area contributed by atoms with E-state index in [9.17, 15) is 24.0 Å². The number of aromatic nitrogens is 3. The van der Waals surface area contributed by atoms with Crippen molar-refractivity contribution < 1.29 is 42.9 Å². The summed E-state index contributed by atoms with van der Waals surface area (Å²) in [6.45, 7) is 4.09. The van der Waals surface area contributed by atoms with Gasteiger partial charge in [-0.25, -0.2) is 4.68 Å². The molecule has 1 aromatic heterocycles. The molecule has 0 unspecified atom stereocenters. The summed E-state index contributed by atoms with van der Waals surface area (Å²) >= 11 is 5.76. The van der Waals surface area contributed by atoms with Gasteiger partial charge in [-0.2, -0.15) is 5.10 Å². The lowest BCUT2D eigenvalue weighted by Crippen LogP contribution is -2.61. The van der Waals surface area contributed by atoms with Gasteiger partial charge in [-0.05, 0) is 36.0 Å². The van der Waals surface area contributed by atoms with Crippen LogP contribution in [-0.2, 0) is 42.9 Å². The average molecular weight is 638 g/mol. The summed E-state index contributed by atoms with van der Waals surface area (Å²) in [7, 11) is 0. The summed E-state index contributed by atoms with van der Waals surface area (Å²) in [5, 5.41) is 4.50. The Balaban J connectivity index is 1.97. The zero-order valence-corrected chi connectivity index (χ0v) is 25.7. The van der Waals surface area contributed by atoms with Crippen molar-refractivity contribution in [2.45, 2.75) is 58.3 Å². The highest BCUT2D eigenvalue weighted by atomic mass is 32.1. The molecule has 1 aliphatic heterocycles. The molecule has 1 fully saturated rings. The number of carbonyl (C=O) groups excluding carboxylic acids is 4. The highest BCUT2D eigenvalue weighted by Crippen LogP contribution is 2.34. The summed E-state index contributed by atoms with van der Waals surface area (Å²) in [4.78, 5) is 62.3. The van der Waals surface area contributed by atoms with Gasteiger partial charge >= 0.3 is 23.9 Å². The van der Waals surface area contributed by atoms with Crippen molar-refractivity contribution in [3.63, 3.8) is 0 Å². The molecule has 1 saturated heterocycles. The molecule has 0 saturated carbocycles. The van der Waals surface area contributed by atoms with Gasteiger partial charge in [0, 0.05) is 27.7 Å². The molecule has 45 heavy (non-hydrogen) atoms. The molecular weight excluding hydrogens is 606 g/mol. The Morgan fingerprint density at radius 2 is 1.36 bits per heavy atom. The average Bonchev–Trinajstić information content (AvgIpc) is 2.98. The van der Waals surface area contributed by atoms with E-state index in [0.717, 1.165) is 31.0 Å². The van der Waals surface area contributed by atoms with Crippen LogP contribution < -0.4 is 5.56 Å². The van der Waals surface area contributed by atoms with E-state index < -0.39 is 66.7 Å². The molecule has 0 spiro atoms. The van der Waals surface area contributed by atoms with Crippen molar-refractivity contribution in [1.29, 1.82) is 0 Å². The molecule has 1 aliphatic rings. The Morgan fingerprint density at radius 1 is 0.800 bits per heavy atom. The zero-order chi connectivity index (χ0) is 32.7. The number of hydrogen-bond donors (Lipinski definition) is 0. The SMILES string of the molecule is CC(=O)OC[C@@H]1O[C@@H](n2nc(/C=C\c3ccccc3)c(=O)n(-c3ccccc3)c2=S)[C@@H](OC(C)=O)[C@@H](OC(C)=O)[C@H]1OC(C)=O. The summed E-state index contributed by atoms with van der Waals surface area (Å²) < 4.78 is 30.2. The van der Waals surface area contributed by atoms with Crippen molar-refractivity contribution in [3.05, 3.63) is 87.0 Å². The number of benzene rings is 2. The van der Waals surface area contributed by atoms with E-state index in [1.165, 1.54) is 17.6 Å². The Labute approximate surface area is 262 Å². The van der Waals surface area contributed by atoms with E-state index in [2.05, 4.69) is 5.10 Å². The van der Waals surface area contributed by atoms with E-state index in [1.807, 2.05) is 30.3 Å². The van der Waals surface area contributed by atoms with E-state index in [-0.39, 0.29) is 10.5 Å². The van der Waals surface area contributed by atoms with E-state index >= 15 is 0 Å². The third-order valence-corrected chi connectivity index (χ3v) is 6.85. The van der Waals surface area contributed by atoms with Gasteiger partial charge < -0.3 is 23.7 Å². The summed E-state index contributed by atoms with van der Waals surface area (Å²) in [5.74, 6) is -3.02. The first-order chi connectivity index (χ1) is 21.5. The molecule has 3 aromatic rings. The van der Waals surface area contributed by atoms with Gasteiger partial charge in [-0.3, -0.25) is 28.5 Å². The molecule has 13 nitrogen and oxygen atoms in total. The summed E-state index contributed by atoms with van der Waals surface area (Å²) in [6, 6.07) is 17.7. The predicted octanol–water partition coefficient (Wildman–Crippen LogP) is 3.19. The van der Waals surface area contributed by atoms with Gasteiger partial charge in [0.1, 0.15) is 18.4 Å². The largest absolute Gasteiger partial charge is 0.463 e. The first kappa shape index (κ1) is 33.0. The maximum atomic E-state index is 13.8. The molecule has 2 aromatic carbocycles. The quantitative estimate of drug-likeness (QED) is 0.192. The molecule has 0 bridgehead atoms. The van der Waals surface area contributed by atoms with E-state index in [1.54, 1.807) is 36.4 Å². The lowest BCUT2D eigenvalue weighted by Gasteiger charge is -2.44. The number of ether oxygens (including phenoxy) is 5. The van der Waals surface area contributed by atoms with Crippen LogP contribution >= 0.6 is 12.2 Å². The second kappa shape index (κ2) is 14.7. The van der Waals surface area contributed by atoms with Crippen LogP contribution in [0, 0.1) is 4.77 Å². The molecule has 236 valence electrons. The second-order valence-corrected chi connectivity index (χ2v) is 10.3. The fraction of sp³-hybridized carbons (Fsp3) is 0.323. The van der Waals surface area contributed by atoms with Crippen molar-refractivity contribution in [2.75, 3.05) is 6.61 Å². The van der Waals surface area contributed by atoms with Crippen LogP contribution in [0.15, 0.2) is 65.5 Å². The monoisotopic (exact) mass is 637 g/mol. The number of hydrogen-bond acceptors (Lipinski definition) is 12. The maximum Gasteiger partial charge on any atom is 0.303 e. The van der Waals surface area contributed by atoms with Crippen LogP contribution in [0.3, 0.4) is 0 Å². The smallest absolute Gasteiger partial charge is 0.303 e. The molecule has 0 aliphatic carbocycles. The van der Waals surface area contributed by atoms with Gasteiger partial charge in [-0.1, -0.05) is 54.6 Å². The maximum absolute atomic E-state index is 13.8. The Hall–Kier alpha value is -4.95. The Kier molecular flexibility index (Phi) is 10.8. The summed E-state index contributed by atoms with van der Waals surface area (Å²) in [5.41, 5.74) is 0.569. The standard InChI is InChI=1S/C31H31N3O10S/c1-18(35)40-17-25-26(41-19(2)36)27(42-20(3)37)28(43-21(4)38)30(44-25)34-31(45)33(23-13-9-6-10-14-23)29(39)24(32-34)16-15-22-11-7-5-8-12-22/h5-16,25-28,30H,17H2,1-4H3/b16-15-/t25-,26-,27-,28-,30+/m0/s1. The topological polar surface area (TPSA) is 154 Å². The molecule has 14 heteroatoms.